The van der Waals surface area contributed by atoms with Crippen LogP contribution in [0.3, 0.4) is 0 Å². The van der Waals surface area contributed by atoms with Gasteiger partial charge < -0.3 is 9.47 Å². The van der Waals surface area contributed by atoms with Gasteiger partial charge in [-0.1, -0.05) is 29.3 Å². The summed E-state index contributed by atoms with van der Waals surface area (Å²) in [6.07, 6.45) is 0. The number of alkyl halides is 2. The van der Waals surface area contributed by atoms with Gasteiger partial charge in [0.25, 0.3) is 0 Å². The predicted molar refractivity (Wildman–Crippen MR) is 90.1 cm³/mol. The van der Waals surface area contributed by atoms with Crippen LogP contribution in [-0.4, -0.2) is 22.1 Å². The molecule has 0 aliphatic rings. The van der Waals surface area contributed by atoms with Gasteiger partial charge >= 0.3 is 6.61 Å². The van der Waals surface area contributed by atoms with Crippen molar-refractivity contribution in [3.63, 3.8) is 0 Å². The molecule has 0 fully saturated rings. The van der Waals surface area contributed by atoms with Crippen molar-refractivity contribution in [2.45, 2.75) is 18.1 Å². The van der Waals surface area contributed by atoms with E-state index in [9.17, 15) is 17.2 Å². The van der Waals surface area contributed by atoms with Crippen molar-refractivity contribution in [1.29, 1.82) is 0 Å². The minimum atomic E-state index is -3.92. The van der Waals surface area contributed by atoms with Crippen LogP contribution in [0.15, 0.2) is 41.3 Å². The summed E-state index contributed by atoms with van der Waals surface area (Å²) >= 11 is 11.7. The molecule has 10 heteroatoms. The molecule has 0 saturated heterocycles. The SMILES string of the molecule is COc1cc(CNS(=O)(=O)c2cc(Cl)ccc2Cl)ccc1OC(F)F. The lowest BCUT2D eigenvalue weighted by Crippen LogP contribution is -2.23. The van der Waals surface area contributed by atoms with Crippen molar-refractivity contribution in [2.24, 2.45) is 0 Å². The number of halogens is 4. The molecule has 2 rings (SSSR count). The number of sulfonamides is 1. The summed E-state index contributed by atoms with van der Waals surface area (Å²) in [5.41, 5.74) is 0.472. The van der Waals surface area contributed by atoms with Crippen molar-refractivity contribution in [1.82, 2.24) is 4.72 Å². The third-order valence-corrected chi connectivity index (χ3v) is 5.21. The zero-order valence-electron chi connectivity index (χ0n) is 12.8. The molecule has 0 amide bonds. The molecule has 2 aromatic carbocycles. The number of ether oxygens (including phenoxy) is 2. The Bertz CT molecular complexity index is 863. The van der Waals surface area contributed by atoms with Crippen molar-refractivity contribution < 1.29 is 26.7 Å². The lowest BCUT2D eigenvalue weighted by atomic mass is 10.2. The Labute approximate surface area is 153 Å². The Morgan fingerprint density at radius 1 is 1.12 bits per heavy atom. The third kappa shape index (κ3) is 5.18. The summed E-state index contributed by atoms with van der Waals surface area (Å²) in [6, 6.07) is 8.16. The van der Waals surface area contributed by atoms with Gasteiger partial charge in [0.05, 0.1) is 12.1 Å². The first-order valence-electron chi connectivity index (χ1n) is 6.79. The normalized spacial score (nSPS) is 11.6. The van der Waals surface area contributed by atoms with Crippen molar-refractivity contribution in [3.8, 4) is 11.5 Å². The molecular weight excluding hydrogens is 399 g/mol. The number of nitrogens with one attached hydrogen (secondary N) is 1. The van der Waals surface area contributed by atoms with Crippen LogP contribution < -0.4 is 14.2 Å². The molecule has 5 nitrogen and oxygen atoms in total. The van der Waals surface area contributed by atoms with E-state index in [0.29, 0.717) is 5.56 Å². The van der Waals surface area contributed by atoms with Gasteiger partial charge in [0, 0.05) is 11.6 Å². The lowest BCUT2D eigenvalue weighted by Gasteiger charge is -2.12. The zero-order chi connectivity index (χ0) is 18.6. The highest BCUT2D eigenvalue weighted by molar-refractivity contribution is 7.89. The van der Waals surface area contributed by atoms with Crippen molar-refractivity contribution in [2.75, 3.05) is 7.11 Å². The van der Waals surface area contributed by atoms with Gasteiger partial charge in [-0.05, 0) is 35.9 Å². The monoisotopic (exact) mass is 411 g/mol. The van der Waals surface area contributed by atoms with E-state index in [-0.39, 0.29) is 33.0 Å². The van der Waals surface area contributed by atoms with Crippen molar-refractivity contribution >= 4 is 33.2 Å². The van der Waals surface area contributed by atoms with Crippen molar-refractivity contribution in [3.05, 3.63) is 52.0 Å². The summed E-state index contributed by atoms with van der Waals surface area (Å²) in [6.45, 7) is -3.11. The Kier molecular flexibility index (Phi) is 6.45. The highest BCUT2D eigenvalue weighted by atomic mass is 35.5. The maximum absolute atomic E-state index is 12.3. The van der Waals surface area contributed by atoms with E-state index in [1.54, 1.807) is 0 Å². The fourth-order valence-corrected chi connectivity index (χ4v) is 3.73. The standard InChI is InChI=1S/C15H13Cl2F2NO4S/c1-23-13-6-9(2-5-12(13)24-15(18)19)8-20-25(21,22)14-7-10(16)3-4-11(14)17/h2-7,15,20H,8H2,1H3. The zero-order valence-corrected chi connectivity index (χ0v) is 15.1. The molecule has 0 heterocycles. The van der Waals surface area contributed by atoms with Gasteiger partial charge in [-0.3, -0.25) is 0 Å². The van der Waals surface area contributed by atoms with Gasteiger partial charge in [-0.15, -0.1) is 0 Å². The van der Waals surface area contributed by atoms with E-state index >= 15 is 0 Å². The Balaban J connectivity index is 2.19. The third-order valence-electron chi connectivity index (χ3n) is 3.09. The second-order valence-electron chi connectivity index (χ2n) is 4.76. The van der Waals surface area contributed by atoms with Crippen LogP contribution in [0.4, 0.5) is 8.78 Å². The second kappa shape index (κ2) is 8.18. The van der Waals surface area contributed by atoms with Gasteiger partial charge in [0.15, 0.2) is 11.5 Å². The molecule has 0 spiro atoms. The molecule has 0 aromatic heterocycles. The molecule has 25 heavy (non-hydrogen) atoms. The van der Waals surface area contributed by atoms with Crippen LogP contribution in [0, 0.1) is 0 Å². The molecule has 0 radical (unpaired) electrons. The first kappa shape index (κ1) is 19.7. The van der Waals surface area contributed by atoms with Crippen LogP contribution in [-0.2, 0) is 16.6 Å². The lowest BCUT2D eigenvalue weighted by molar-refractivity contribution is -0.0512. The number of benzene rings is 2. The van der Waals surface area contributed by atoms with Crippen LogP contribution in [0.5, 0.6) is 11.5 Å². The van der Waals surface area contributed by atoms with Gasteiger partial charge in [0.1, 0.15) is 4.90 Å². The van der Waals surface area contributed by atoms with E-state index in [4.69, 9.17) is 27.9 Å². The quantitative estimate of drug-likeness (QED) is 0.745. The van der Waals surface area contributed by atoms with Crippen LogP contribution in [0.2, 0.25) is 10.0 Å². The molecular formula is C15H13Cl2F2NO4S. The van der Waals surface area contributed by atoms with E-state index in [1.165, 1.54) is 43.5 Å². The van der Waals surface area contributed by atoms with E-state index in [2.05, 4.69) is 9.46 Å². The van der Waals surface area contributed by atoms with Crippen LogP contribution in [0.1, 0.15) is 5.56 Å². The summed E-state index contributed by atoms with van der Waals surface area (Å²) in [5, 5.41) is 0.245. The summed E-state index contributed by atoms with van der Waals surface area (Å²) in [7, 11) is -2.63. The Morgan fingerprint density at radius 2 is 1.84 bits per heavy atom. The molecule has 0 aliphatic carbocycles. The molecule has 0 aliphatic heterocycles. The number of hydrogen-bond acceptors (Lipinski definition) is 4. The second-order valence-corrected chi connectivity index (χ2v) is 7.34. The van der Waals surface area contributed by atoms with Gasteiger partial charge in [-0.2, -0.15) is 8.78 Å². The number of hydrogen-bond donors (Lipinski definition) is 1. The average molecular weight is 412 g/mol. The Hall–Kier alpha value is -1.61. The molecule has 0 atom stereocenters. The molecule has 1 N–H and O–H groups in total. The fourth-order valence-electron chi connectivity index (χ4n) is 1.95. The molecule has 136 valence electrons. The summed E-state index contributed by atoms with van der Waals surface area (Å²) < 4.78 is 60.9. The summed E-state index contributed by atoms with van der Waals surface area (Å²) in [4.78, 5) is -0.161. The van der Waals surface area contributed by atoms with Crippen LogP contribution in [0.25, 0.3) is 0 Å². The maximum atomic E-state index is 12.3. The largest absolute Gasteiger partial charge is 0.493 e. The van der Waals surface area contributed by atoms with E-state index in [1.807, 2.05) is 0 Å². The summed E-state index contributed by atoms with van der Waals surface area (Å²) in [5.74, 6) is -0.0974. The first-order chi connectivity index (χ1) is 11.7. The molecule has 2 aromatic rings. The molecule has 0 unspecified atom stereocenters. The smallest absolute Gasteiger partial charge is 0.387 e. The van der Waals surface area contributed by atoms with Gasteiger partial charge in [-0.25, -0.2) is 13.1 Å². The van der Waals surface area contributed by atoms with Crippen LogP contribution >= 0.6 is 23.2 Å². The number of rotatable bonds is 7. The number of methoxy groups -OCH3 is 1. The molecule has 0 saturated carbocycles. The Morgan fingerprint density at radius 3 is 2.48 bits per heavy atom. The predicted octanol–water partition coefficient (Wildman–Crippen LogP) is 4.08. The first-order valence-corrected chi connectivity index (χ1v) is 9.03. The maximum Gasteiger partial charge on any atom is 0.387 e. The highest BCUT2D eigenvalue weighted by Gasteiger charge is 2.19. The average Bonchev–Trinajstić information content (AvgIpc) is 2.55. The highest BCUT2D eigenvalue weighted by Crippen LogP contribution is 2.30. The minimum absolute atomic E-state index is 0.0233. The molecule has 0 bridgehead atoms. The van der Waals surface area contributed by atoms with E-state index < -0.39 is 16.6 Å². The topological polar surface area (TPSA) is 64.6 Å². The minimum Gasteiger partial charge on any atom is -0.493 e. The van der Waals surface area contributed by atoms with Gasteiger partial charge in [0.2, 0.25) is 10.0 Å². The fraction of sp³-hybridized carbons (Fsp3) is 0.200. The van der Waals surface area contributed by atoms with E-state index in [0.717, 1.165) is 0 Å².